The first-order valence-corrected chi connectivity index (χ1v) is 6.99. The van der Waals surface area contributed by atoms with Crippen molar-refractivity contribution in [1.29, 1.82) is 0 Å². The normalized spacial score (nSPS) is 13.6. The lowest BCUT2D eigenvalue weighted by Crippen LogP contribution is -2.40. The van der Waals surface area contributed by atoms with E-state index in [0.717, 1.165) is 16.9 Å². The summed E-state index contributed by atoms with van der Waals surface area (Å²) in [4.78, 5) is 7.95. The van der Waals surface area contributed by atoms with Crippen molar-refractivity contribution >= 4 is 11.0 Å². The third-order valence-corrected chi connectivity index (χ3v) is 3.47. The summed E-state index contributed by atoms with van der Waals surface area (Å²) in [6.45, 7) is 6.02. The SMILES string of the molecule is Cc1ccc2nc([C@H](NC(CO)CO)C(C)C)[nH]c2c1. The van der Waals surface area contributed by atoms with Gasteiger partial charge >= 0.3 is 0 Å². The van der Waals surface area contributed by atoms with Gasteiger partial charge in [-0.2, -0.15) is 0 Å². The van der Waals surface area contributed by atoms with Crippen LogP contribution < -0.4 is 5.32 Å². The smallest absolute Gasteiger partial charge is 0.124 e. The molecule has 110 valence electrons. The molecule has 0 saturated heterocycles. The molecule has 2 aromatic rings. The van der Waals surface area contributed by atoms with Gasteiger partial charge in [-0.1, -0.05) is 19.9 Å². The first-order valence-electron chi connectivity index (χ1n) is 6.99. The number of hydrogen-bond acceptors (Lipinski definition) is 4. The lowest BCUT2D eigenvalue weighted by Gasteiger charge is -2.24. The number of hydrogen-bond donors (Lipinski definition) is 4. The molecule has 0 radical (unpaired) electrons. The van der Waals surface area contributed by atoms with Crippen LogP contribution in [0.3, 0.4) is 0 Å². The Balaban J connectivity index is 2.31. The topological polar surface area (TPSA) is 81.2 Å². The number of fused-ring (bicyclic) bond motifs is 1. The highest BCUT2D eigenvalue weighted by Gasteiger charge is 2.22. The van der Waals surface area contributed by atoms with Gasteiger partial charge in [0.25, 0.3) is 0 Å². The Morgan fingerprint density at radius 1 is 1.25 bits per heavy atom. The van der Waals surface area contributed by atoms with Crippen LogP contribution in [0.25, 0.3) is 11.0 Å². The van der Waals surface area contributed by atoms with Gasteiger partial charge in [-0.3, -0.25) is 5.32 Å². The van der Waals surface area contributed by atoms with E-state index in [-0.39, 0.29) is 31.2 Å². The molecule has 0 unspecified atom stereocenters. The van der Waals surface area contributed by atoms with E-state index in [1.807, 2.05) is 19.1 Å². The molecule has 1 aromatic heterocycles. The molecule has 0 saturated carbocycles. The van der Waals surface area contributed by atoms with Gasteiger partial charge in [-0.05, 0) is 30.5 Å². The van der Waals surface area contributed by atoms with Crippen LogP contribution in [0.15, 0.2) is 18.2 Å². The van der Waals surface area contributed by atoms with Crippen molar-refractivity contribution in [1.82, 2.24) is 15.3 Å². The van der Waals surface area contributed by atoms with E-state index in [9.17, 15) is 10.2 Å². The summed E-state index contributed by atoms with van der Waals surface area (Å²) in [5.41, 5.74) is 3.13. The fraction of sp³-hybridized carbons (Fsp3) is 0.533. The summed E-state index contributed by atoms with van der Waals surface area (Å²) in [6, 6.07) is 5.73. The van der Waals surface area contributed by atoms with Crippen molar-refractivity contribution in [2.24, 2.45) is 5.92 Å². The molecule has 2 rings (SSSR count). The van der Waals surface area contributed by atoms with Gasteiger partial charge in [-0.25, -0.2) is 4.98 Å². The van der Waals surface area contributed by atoms with Crippen LogP contribution in [-0.4, -0.2) is 39.4 Å². The van der Waals surface area contributed by atoms with E-state index < -0.39 is 0 Å². The van der Waals surface area contributed by atoms with Crippen LogP contribution >= 0.6 is 0 Å². The maximum atomic E-state index is 9.23. The standard InChI is InChI=1S/C15H23N3O2/c1-9(2)14(16-11(7-19)8-20)15-17-12-5-4-10(3)6-13(12)18-15/h4-6,9,11,14,16,19-20H,7-8H2,1-3H3,(H,17,18)/t14-/m1/s1. The number of rotatable bonds is 6. The minimum atomic E-state index is -0.336. The maximum absolute atomic E-state index is 9.23. The van der Waals surface area contributed by atoms with E-state index in [1.54, 1.807) is 0 Å². The average molecular weight is 277 g/mol. The molecule has 1 atom stereocenters. The summed E-state index contributed by atoms with van der Waals surface area (Å²) in [6.07, 6.45) is 0. The molecule has 0 bridgehead atoms. The predicted molar refractivity (Wildman–Crippen MR) is 79.5 cm³/mol. The van der Waals surface area contributed by atoms with E-state index in [1.165, 1.54) is 5.56 Å². The third-order valence-electron chi connectivity index (χ3n) is 3.47. The molecular formula is C15H23N3O2. The highest BCUT2D eigenvalue weighted by Crippen LogP contribution is 2.23. The fourth-order valence-corrected chi connectivity index (χ4v) is 2.29. The highest BCUT2D eigenvalue weighted by atomic mass is 16.3. The molecule has 20 heavy (non-hydrogen) atoms. The van der Waals surface area contributed by atoms with E-state index >= 15 is 0 Å². The maximum Gasteiger partial charge on any atom is 0.124 e. The monoisotopic (exact) mass is 277 g/mol. The van der Waals surface area contributed by atoms with Gasteiger partial charge in [0.1, 0.15) is 5.82 Å². The summed E-state index contributed by atoms with van der Waals surface area (Å²) in [7, 11) is 0. The number of aryl methyl sites for hydroxylation is 1. The summed E-state index contributed by atoms with van der Waals surface area (Å²) in [5.74, 6) is 1.13. The molecular weight excluding hydrogens is 254 g/mol. The molecule has 0 aliphatic carbocycles. The zero-order valence-electron chi connectivity index (χ0n) is 12.2. The van der Waals surface area contributed by atoms with E-state index in [4.69, 9.17) is 0 Å². The van der Waals surface area contributed by atoms with Crippen molar-refractivity contribution in [3.63, 3.8) is 0 Å². The highest BCUT2D eigenvalue weighted by molar-refractivity contribution is 5.75. The second kappa shape index (κ2) is 6.35. The van der Waals surface area contributed by atoms with Crippen LogP contribution in [0, 0.1) is 12.8 Å². The molecule has 5 nitrogen and oxygen atoms in total. The quantitative estimate of drug-likeness (QED) is 0.645. The van der Waals surface area contributed by atoms with Crippen molar-refractivity contribution in [2.45, 2.75) is 32.9 Å². The predicted octanol–water partition coefficient (Wildman–Crippen LogP) is 1.51. The zero-order valence-corrected chi connectivity index (χ0v) is 12.2. The number of imidazole rings is 1. The van der Waals surface area contributed by atoms with Crippen LogP contribution in [-0.2, 0) is 0 Å². The molecule has 0 amide bonds. The first-order chi connectivity index (χ1) is 9.55. The Bertz CT molecular complexity index is 561. The van der Waals surface area contributed by atoms with Gasteiger partial charge in [0.05, 0.1) is 36.3 Å². The number of benzene rings is 1. The second-order valence-electron chi connectivity index (χ2n) is 5.59. The Morgan fingerprint density at radius 3 is 2.55 bits per heavy atom. The lowest BCUT2D eigenvalue weighted by atomic mass is 10.0. The van der Waals surface area contributed by atoms with Crippen molar-refractivity contribution in [2.75, 3.05) is 13.2 Å². The Kier molecular flexibility index (Phi) is 4.75. The van der Waals surface area contributed by atoms with Crippen molar-refractivity contribution < 1.29 is 10.2 Å². The van der Waals surface area contributed by atoms with Crippen molar-refractivity contribution in [3.8, 4) is 0 Å². The number of aliphatic hydroxyl groups excluding tert-OH is 2. The van der Waals surface area contributed by atoms with Gasteiger partial charge in [0, 0.05) is 0 Å². The number of nitrogens with one attached hydrogen (secondary N) is 2. The number of aliphatic hydroxyl groups is 2. The number of H-pyrrole nitrogens is 1. The lowest BCUT2D eigenvalue weighted by molar-refractivity contribution is 0.153. The number of aromatic amines is 1. The number of nitrogens with zero attached hydrogens (tertiary/aromatic N) is 1. The molecule has 0 spiro atoms. The second-order valence-corrected chi connectivity index (χ2v) is 5.59. The largest absolute Gasteiger partial charge is 0.395 e. The summed E-state index contributed by atoms with van der Waals surface area (Å²) < 4.78 is 0. The zero-order chi connectivity index (χ0) is 14.7. The van der Waals surface area contributed by atoms with Crippen LogP contribution in [0.2, 0.25) is 0 Å². The van der Waals surface area contributed by atoms with Gasteiger partial charge < -0.3 is 15.2 Å². The van der Waals surface area contributed by atoms with Gasteiger partial charge in [0.2, 0.25) is 0 Å². The van der Waals surface area contributed by atoms with Gasteiger partial charge in [0.15, 0.2) is 0 Å². The minimum Gasteiger partial charge on any atom is -0.395 e. The van der Waals surface area contributed by atoms with Crippen LogP contribution in [0.1, 0.15) is 31.3 Å². The van der Waals surface area contributed by atoms with Gasteiger partial charge in [-0.15, -0.1) is 0 Å². The molecule has 0 aliphatic heterocycles. The number of aromatic nitrogens is 2. The Morgan fingerprint density at radius 2 is 1.95 bits per heavy atom. The Hall–Kier alpha value is -1.43. The fourth-order valence-electron chi connectivity index (χ4n) is 2.29. The minimum absolute atomic E-state index is 0.0352. The van der Waals surface area contributed by atoms with Crippen LogP contribution in [0.4, 0.5) is 0 Å². The molecule has 4 N–H and O–H groups in total. The third kappa shape index (κ3) is 3.17. The van der Waals surface area contributed by atoms with Crippen molar-refractivity contribution in [3.05, 3.63) is 29.6 Å². The average Bonchev–Trinajstić information content (AvgIpc) is 2.82. The van der Waals surface area contributed by atoms with E-state index in [0.29, 0.717) is 0 Å². The summed E-state index contributed by atoms with van der Waals surface area (Å²) in [5, 5.41) is 21.7. The summed E-state index contributed by atoms with van der Waals surface area (Å²) >= 11 is 0. The molecule has 1 heterocycles. The van der Waals surface area contributed by atoms with E-state index in [2.05, 4.69) is 35.2 Å². The molecule has 5 heteroatoms. The van der Waals surface area contributed by atoms with Crippen LogP contribution in [0.5, 0.6) is 0 Å². The molecule has 1 aromatic carbocycles. The Labute approximate surface area is 119 Å². The molecule has 0 fully saturated rings. The molecule has 0 aliphatic rings. The first kappa shape index (κ1) is 15.0.